The summed E-state index contributed by atoms with van der Waals surface area (Å²) < 4.78 is 5.82. The van der Waals surface area contributed by atoms with Crippen LogP contribution in [0.1, 0.15) is 11.1 Å². The van der Waals surface area contributed by atoms with Crippen LogP contribution in [0.3, 0.4) is 0 Å². The Labute approximate surface area is 146 Å². The Kier molecular flexibility index (Phi) is 5.27. The van der Waals surface area contributed by atoms with E-state index in [-0.39, 0.29) is 0 Å². The van der Waals surface area contributed by atoms with E-state index in [1.807, 2.05) is 66.7 Å². The summed E-state index contributed by atoms with van der Waals surface area (Å²) in [6.45, 7) is 0.430. The predicted octanol–water partition coefficient (Wildman–Crippen LogP) is 5.03. The maximum atomic E-state index is 10.6. The van der Waals surface area contributed by atoms with E-state index in [4.69, 9.17) is 9.84 Å². The van der Waals surface area contributed by atoms with E-state index in [2.05, 4.69) is 12.1 Å². The zero-order valence-electron chi connectivity index (χ0n) is 13.6. The van der Waals surface area contributed by atoms with Gasteiger partial charge in [0.1, 0.15) is 12.4 Å². The molecule has 3 heteroatoms. The summed E-state index contributed by atoms with van der Waals surface area (Å²) >= 11 is 0. The van der Waals surface area contributed by atoms with E-state index in [1.165, 1.54) is 5.56 Å². The number of rotatable bonds is 6. The molecule has 0 amide bonds. The summed E-state index contributed by atoms with van der Waals surface area (Å²) in [6.07, 6.45) is 2.70. The zero-order chi connectivity index (χ0) is 17.5. The summed E-state index contributed by atoms with van der Waals surface area (Å²) in [6, 6.07) is 25.8. The molecule has 3 rings (SSSR count). The number of benzene rings is 3. The Balaban J connectivity index is 1.64. The lowest BCUT2D eigenvalue weighted by Crippen LogP contribution is -1.95. The largest absolute Gasteiger partial charge is 0.489 e. The molecule has 3 aromatic carbocycles. The molecule has 25 heavy (non-hydrogen) atoms. The fourth-order valence-corrected chi connectivity index (χ4v) is 2.49. The summed E-state index contributed by atoms with van der Waals surface area (Å²) in [5, 5.41) is 8.69. The molecule has 0 aliphatic carbocycles. The van der Waals surface area contributed by atoms with Crippen LogP contribution in [0.4, 0.5) is 0 Å². The van der Waals surface area contributed by atoms with Gasteiger partial charge < -0.3 is 9.84 Å². The maximum Gasteiger partial charge on any atom is 0.328 e. The van der Waals surface area contributed by atoms with Crippen molar-refractivity contribution in [2.75, 3.05) is 0 Å². The Morgan fingerprint density at radius 2 is 1.60 bits per heavy atom. The highest BCUT2D eigenvalue weighted by Gasteiger charge is 2.00. The quantitative estimate of drug-likeness (QED) is 0.645. The number of hydrogen-bond donors (Lipinski definition) is 1. The van der Waals surface area contributed by atoms with Gasteiger partial charge in [-0.05, 0) is 46.5 Å². The van der Waals surface area contributed by atoms with Crippen molar-refractivity contribution in [3.05, 3.63) is 96.1 Å². The molecule has 0 aliphatic rings. The molecule has 0 saturated heterocycles. The molecule has 0 aliphatic heterocycles. The minimum Gasteiger partial charge on any atom is -0.489 e. The van der Waals surface area contributed by atoms with E-state index >= 15 is 0 Å². The summed E-state index contributed by atoms with van der Waals surface area (Å²) in [5.74, 6) is -0.161. The molecule has 3 aromatic rings. The third-order valence-electron chi connectivity index (χ3n) is 3.74. The van der Waals surface area contributed by atoms with E-state index in [9.17, 15) is 4.79 Å². The van der Waals surface area contributed by atoms with Gasteiger partial charge in [-0.1, -0.05) is 60.7 Å². The second-order valence-corrected chi connectivity index (χ2v) is 5.60. The van der Waals surface area contributed by atoms with Gasteiger partial charge in [-0.3, -0.25) is 0 Å². The normalized spacial score (nSPS) is 10.7. The molecule has 0 saturated carbocycles. The van der Waals surface area contributed by atoms with E-state index in [0.29, 0.717) is 6.61 Å². The average molecular weight is 330 g/mol. The predicted molar refractivity (Wildman–Crippen MR) is 99.3 cm³/mol. The van der Waals surface area contributed by atoms with Gasteiger partial charge >= 0.3 is 5.97 Å². The second-order valence-electron chi connectivity index (χ2n) is 5.60. The van der Waals surface area contributed by atoms with Crippen molar-refractivity contribution in [3.63, 3.8) is 0 Å². The fourth-order valence-electron chi connectivity index (χ4n) is 2.49. The van der Waals surface area contributed by atoms with Gasteiger partial charge in [0.2, 0.25) is 0 Å². The number of carboxylic acids is 1. The molecule has 1 N–H and O–H groups in total. The van der Waals surface area contributed by atoms with Crippen LogP contribution in [0, 0.1) is 0 Å². The third kappa shape index (κ3) is 4.82. The lowest BCUT2D eigenvalue weighted by atomic mass is 10.1. The molecule has 0 aromatic heterocycles. The Morgan fingerprint density at radius 1 is 0.880 bits per heavy atom. The monoisotopic (exact) mass is 330 g/mol. The highest BCUT2D eigenvalue weighted by molar-refractivity contribution is 5.85. The lowest BCUT2D eigenvalue weighted by Gasteiger charge is -2.08. The van der Waals surface area contributed by atoms with Crippen LogP contribution >= 0.6 is 0 Å². The van der Waals surface area contributed by atoms with Gasteiger partial charge in [0.05, 0.1) is 0 Å². The second kappa shape index (κ2) is 7.97. The minimum atomic E-state index is -0.958. The first-order valence-electron chi connectivity index (χ1n) is 7.99. The van der Waals surface area contributed by atoms with Gasteiger partial charge in [0.15, 0.2) is 0 Å². The molecule has 0 bridgehead atoms. The highest BCUT2D eigenvalue weighted by atomic mass is 16.5. The molecule has 0 fully saturated rings. The van der Waals surface area contributed by atoms with Crippen LogP contribution in [0.2, 0.25) is 0 Å². The van der Waals surface area contributed by atoms with Gasteiger partial charge in [0.25, 0.3) is 0 Å². The molecule has 0 heterocycles. The summed E-state index contributed by atoms with van der Waals surface area (Å²) in [5.41, 5.74) is 4.14. The van der Waals surface area contributed by atoms with Crippen molar-refractivity contribution in [1.82, 2.24) is 0 Å². The van der Waals surface area contributed by atoms with E-state index < -0.39 is 5.97 Å². The Hall–Kier alpha value is -3.33. The van der Waals surface area contributed by atoms with E-state index in [0.717, 1.165) is 28.5 Å². The van der Waals surface area contributed by atoms with Crippen molar-refractivity contribution in [2.45, 2.75) is 6.61 Å². The highest BCUT2D eigenvalue weighted by Crippen LogP contribution is 2.22. The molecular formula is C22H18O3. The zero-order valence-corrected chi connectivity index (χ0v) is 13.6. The standard InChI is InChI=1S/C22H18O3/c23-22(24)14-9-17-5-4-6-18(15-17)16-25-21-12-10-20(11-13-21)19-7-2-1-3-8-19/h1-15H,16H2,(H,23,24)/b14-9+. The van der Waals surface area contributed by atoms with Crippen molar-refractivity contribution in [2.24, 2.45) is 0 Å². The van der Waals surface area contributed by atoms with Gasteiger partial charge in [0, 0.05) is 6.08 Å². The van der Waals surface area contributed by atoms with Crippen LogP contribution in [-0.4, -0.2) is 11.1 Å². The molecular weight excluding hydrogens is 312 g/mol. The Bertz CT molecular complexity index is 865. The topological polar surface area (TPSA) is 46.5 Å². The number of carbonyl (C=O) groups is 1. The number of carboxylic acid groups (broad SMARTS) is 1. The van der Waals surface area contributed by atoms with E-state index in [1.54, 1.807) is 6.08 Å². The Morgan fingerprint density at radius 3 is 2.32 bits per heavy atom. The molecule has 124 valence electrons. The minimum absolute atomic E-state index is 0.430. The average Bonchev–Trinajstić information content (AvgIpc) is 2.66. The first kappa shape index (κ1) is 16.5. The number of ether oxygens (including phenoxy) is 1. The van der Waals surface area contributed by atoms with Crippen molar-refractivity contribution in [3.8, 4) is 16.9 Å². The van der Waals surface area contributed by atoms with Crippen molar-refractivity contribution < 1.29 is 14.6 Å². The first-order valence-corrected chi connectivity index (χ1v) is 7.99. The summed E-state index contributed by atoms with van der Waals surface area (Å²) in [7, 11) is 0. The SMILES string of the molecule is O=C(O)/C=C/c1cccc(COc2ccc(-c3ccccc3)cc2)c1. The van der Waals surface area contributed by atoms with Gasteiger partial charge in [-0.2, -0.15) is 0 Å². The van der Waals surface area contributed by atoms with Crippen LogP contribution in [0.25, 0.3) is 17.2 Å². The molecule has 0 unspecified atom stereocenters. The molecule has 0 radical (unpaired) electrons. The van der Waals surface area contributed by atoms with Crippen LogP contribution < -0.4 is 4.74 Å². The van der Waals surface area contributed by atoms with Crippen LogP contribution in [-0.2, 0) is 11.4 Å². The smallest absolute Gasteiger partial charge is 0.328 e. The fraction of sp³-hybridized carbons (Fsp3) is 0.0455. The van der Waals surface area contributed by atoms with Gasteiger partial charge in [-0.15, -0.1) is 0 Å². The summed E-state index contributed by atoms with van der Waals surface area (Å²) in [4.78, 5) is 10.6. The van der Waals surface area contributed by atoms with Crippen molar-refractivity contribution in [1.29, 1.82) is 0 Å². The molecule has 0 atom stereocenters. The third-order valence-corrected chi connectivity index (χ3v) is 3.74. The maximum absolute atomic E-state index is 10.6. The van der Waals surface area contributed by atoms with Gasteiger partial charge in [-0.25, -0.2) is 4.79 Å². The molecule has 0 spiro atoms. The van der Waals surface area contributed by atoms with Crippen LogP contribution in [0.5, 0.6) is 5.75 Å². The number of aliphatic carboxylic acids is 1. The number of hydrogen-bond acceptors (Lipinski definition) is 2. The first-order chi connectivity index (χ1) is 12.2. The van der Waals surface area contributed by atoms with Crippen LogP contribution in [0.15, 0.2) is 84.9 Å². The van der Waals surface area contributed by atoms with Crippen molar-refractivity contribution >= 4 is 12.0 Å². The lowest BCUT2D eigenvalue weighted by molar-refractivity contribution is -0.131. The molecule has 3 nitrogen and oxygen atoms in total.